The van der Waals surface area contributed by atoms with Gasteiger partial charge in [0.2, 0.25) is 5.91 Å². The van der Waals surface area contributed by atoms with E-state index in [1.807, 2.05) is 31.3 Å². The van der Waals surface area contributed by atoms with E-state index in [9.17, 15) is 4.79 Å². The summed E-state index contributed by atoms with van der Waals surface area (Å²) in [5.41, 5.74) is 1.85. The molecule has 27 heavy (non-hydrogen) atoms. The van der Waals surface area contributed by atoms with E-state index in [0.29, 0.717) is 25.5 Å². The number of hydrogen-bond donors (Lipinski definition) is 3. The van der Waals surface area contributed by atoms with Crippen LogP contribution in [0, 0.1) is 6.92 Å². The number of carbonyl (C=O) groups excluding carboxylic acids is 1. The highest BCUT2D eigenvalue weighted by molar-refractivity contribution is 14.0. The number of aryl methyl sites for hydroxylation is 2. The van der Waals surface area contributed by atoms with Gasteiger partial charge in [0.05, 0.1) is 6.54 Å². The Morgan fingerprint density at radius 2 is 2.11 bits per heavy atom. The largest absolute Gasteiger partial charge is 0.356 e. The number of nitrogens with zero attached hydrogens (tertiary/aromatic N) is 2. The first-order valence-corrected chi connectivity index (χ1v) is 10.1. The molecule has 0 spiro atoms. The lowest BCUT2D eigenvalue weighted by Gasteiger charge is -2.12. The fraction of sp³-hybridized carbons (Fsp3) is 0.389. The number of anilines is 1. The van der Waals surface area contributed by atoms with E-state index in [4.69, 9.17) is 0 Å². The van der Waals surface area contributed by atoms with Gasteiger partial charge >= 0.3 is 0 Å². The summed E-state index contributed by atoms with van der Waals surface area (Å²) in [5, 5.41) is 10.3. The molecule has 0 aliphatic heterocycles. The van der Waals surface area contributed by atoms with Gasteiger partial charge < -0.3 is 16.0 Å². The van der Waals surface area contributed by atoms with Crippen LogP contribution < -0.4 is 16.0 Å². The van der Waals surface area contributed by atoms with Crippen LogP contribution in [-0.2, 0) is 17.8 Å². The summed E-state index contributed by atoms with van der Waals surface area (Å²) in [6.45, 7) is 5.20. The summed E-state index contributed by atoms with van der Waals surface area (Å²) in [5.74, 6) is 0.617. The average molecular weight is 566 g/mol. The molecule has 6 nitrogen and oxygen atoms in total. The molecule has 0 fully saturated rings. The molecule has 0 aliphatic rings. The molecule has 148 valence electrons. The molecule has 0 saturated heterocycles. The molecule has 0 aliphatic carbocycles. The molecule has 1 aromatic carbocycles. The van der Waals surface area contributed by atoms with E-state index in [1.54, 1.807) is 18.4 Å². The van der Waals surface area contributed by atoms with Crippen molar-refractivity contribution in [2.45, 2.75) is 33.2 Å². The third-order valence-electron chi connectivity index (χ3n) is 3.70. The van der Waals surface area contributed by atoms with E-state index in [0.717, 1.165) is 27.2 Å². The number of hydrogen-bond acceptors (Lipinski definition) is 4. The molecule has 0 atom stereocenters. The molecular formula is C18H25BrIN5OS. The zero-order valence-corrected chi connectivity index (χ0v) is 20.4. The number of carbonyl (C=O) groups is 1. The van der Waals surface area contributed by atoms with Crippen molar-refractivity contribution >= 4 is 68.8 Å². The lowest BCUT2D eigenvalue weighted by molar-refractivity contribution is -0.116. The number of halogens is 2. The molecule has 2 aromatic rings. The Bertz CT molecular complexity index is 781. The van der Waals surface area contributed by atoms with Crippen LogP contribution in [0.5, 0.6) is 0 Å². The summed E-state index contributed by atoms with van der Waals surface area (Å²) in [6, 6.07) is 5.82. The highest BCUT2D eigenvalue weighted by atomic mass is 127. The average Bonchev–Trinajstić information content (AvgIpc) is 3.09. The van der Waals surface area contributed by atoms with Crippen LogP contribution in [-0.4, -0.2) is 30.4 Å². The van der Waals surface area contributed by atoms with Gasteiger partial charge in [0.25, 0.3) is 0 Å². The van der Waals surface area contributed by atoms with Gasteiger partial charge in [0, 0.05) is 41.2 Å². The van der Waals surface area contributed by atoms with Crippen LogP contribution in [0.2, 0.25) is 0 Å². The maximum absolute atomic E-state index is 12.1. The van der Waals surface area contributed by atoms with Gasteiger partial charge in [-0.05, 0) is 31.0 Å². The standard InChI is InChI=1S/C18H24BrN5OS.HI/c1-4-14-10-22-17(26-14)11-23-18(20-3)21-8-7-16(25)24-15-9-13(19)6-5-12(15)2;/h5-6,9-10H,4,7-8,11H2,1-3H3,(H,24,25)(H2,20,21,23);1H. The number of aromatic nitrogens is 1. The van der Waals surface area contributed by atoms with Gasteiger partial charge in [0.15, 0.2) is 5.96 Å². The second-order valence-electron chi connectivity index (χ2n) is 5.68. The third-order valence-corrected chi connectivity index (χ3v) is 5.33. The summed E-state index contributed by atoms with van der Waals surface area (Å²) in [4.78, 5) is 21.9. The Hall–Kier alpha value is -1.20. The lowest BCUT2D eigenvalue weighted by atomic mass is 10.2. The number of nitrogens with one attached hydrogen (secondary N) is 3. The van der Waals surface area contributed by atoms with Crippen LogP contribution in [0.15, 0.2) is 33.9 Å². The smallest absolute Gasteiger partial charge is 0.226 e. The zero-order chi connectivity index (χ0) is 18.9. The summed E-state index contributed by atoms with van der Waals surface area (Å²) < 4.78 is 0.939. The lowest BCUT2D eigenvalue weighted by Crippen LogP contribution is -2.38. The Balaban J connectivity index is 0.00000364. The quantitative estimate of drug-likeness (QED) is 0.268. The second-order valence-corrected chi connectivity index (χ2v) is 7.80. The normalized spacial score (nSPS) is 10.9. The zero-order valence-electron chi connectivity index (χ0n) is 15.6. The topological polar surface area (TPSA) is 78.4 Å². The number of amides is 1. The third kappa shape index (κ3) is 8.14. The molecule has 2 rings (SSSR count). The van der Waals surface area contributed by atoms with Gasteiger partial charge in [-0.2, -0.15) is 0 Å². The van der Waals surface area contributed by atoms with Crippen molar-refractivity contribution in [3.8, 4) is 0 Å². The van der Waals surface area contributed by atoms with E-state index >= 15 is 0 Å². The molecule has 0 radical (unpaired) electrons. The van der Waals surface area contributed by atoms with Crippen molar-refractivity contribution in [2.75, 3.05) is 18.9 Å². The molecule has 0 bridgehead atoms. The fourth-order valence-corrected chi connectivity index (χ4v) is 3.37. The molecule has 1 heterocycles. The number of thiazole rings is 1. The minimum atomic E-state index is -0.0401. The molecule has 3 N–H and O–H groups in total. The minimum Gasteiger partial charge on any atom is -0.356 e. The molecule has 1 amide bonds. The van der Waals surface area contributed by atoms with Gasteiger partial charge in [-0.1, -0.05) is 28.9 Å². The first-order valence-electron chi connectivity index (χ1n) is 8.46. The van der Waals surface area contributed by atoms with Gasteiger partial charge in [-0.25, -0.2) is 4.98 Å². The Labute approximate surface area is 189 Å². The van der Waals surface area contributed by atoms with E-state index < -0.39 is 0 Å². The Morgan fingerprint density at radius 1 is 1.33 bits per heavy atom. The predicted octanol–water partition coefficient (Wildman–Crippen LogP) is 4.09. The van der Waals surface area contributed by atoms with Crippen LogP contribution in [0.1, 0.15) is 28.8 Å². The van der Waals surface area contributed by atoms with Crippen molar-refractivity contribution in [3.63, 3.8) is 0 Å². The van der Waals surface area contributed by atoms with Crippen molar-refractivity contribution < 1.29 is 4.79 Å². The predicted molar refractivity (Wildman–Crippen MR) is 127 cm³/mol. The highest BCUT2D eigenvalue weighted by Gasteiger charge is 2.07. The maximum Gasteiger partial charge on any atom is 0.226 e. The first-order chi connectivity index (χ1) is 12.5. The molecule has 0 unspecified atom stereocenters. The fourth-order valence-electron chi connectivity index (χ4n) is 2.21. The summed E-state index contributed by atoms with van der Waals surface area (Å²) in [6.07, 6.45) is 3.26. The van der Waals surface area contributed by atoms with Crippen molar-refractivity contribution in [2.24, 2.45) is 4.99 Å². The van der Waals surface area contributed by atoms with Crippen molar-refractivity contribution in [1.29, 1.82) is 0 Å². The van der Waals surface area contributed by atoms with Crippen LogP contribution in [0.25, 0.3) is 0 Å². The Morgan fingerprint density at radius 3 is 2.78 bits per heavy atom. The Kier molecular flexibility index (Phi) is 10.9. The van der Waals surface area contributed by atoms with Gasteiger partial charge in [0.1, 0.15) is 5.01 Å². The summed E-state index contributed by atoms with van der Waals surface area (Å²) in [7, 11) is 1.71. The number of benzene rings is 1. The van der Waals surface area contributed by atoms with Crippen LogP contribution >= 0.6 is 51.2 Å². The monoisotopic (exact) mass is 565 g/mol. The van der Waals surface area contributed by atoms with E-state index in [2.05, 4.69) is 48.8 Å². The van der Waals surface area contributed by atoms with E-state index in [1.165, 1.54) is 4.88 Å². The summed E-state index contributed by atoms with van der Waals surface area (Å²) >= 11 is 5.11. The minimum absolute atomic E-state index is 0. The van der Waals surface area contributed by atoms with Crippen molar-refractivity contribution in [3.05, 3.63) is 44.3 Å². The van der Waals surface area contributed by atoms with Crippen LogP contribution in [0.4, 0.5) is 5.69 Å². The molecule has 0 saturated carbocycles. The van der Waals surface area contributed by atoms with Crippen molar-refractivity contribution in [1.82, 2.24) is 15.6 Å². The van der Waals surface area contributed by atoms with E-state index in [-0.39, 0.29) is 29.9 Å². The highest BCUT2D eigenvalue weighted by Crippen LogP contribution is 2.20. The SMILES string of the molecule is CCc1cnc(CNC(=NC)NCCC(=O)Nc2cc(Br)ccc2C)s1.I. The molecule has 9 heteroatoms. The van der Waals surface area contributed by atoms with Crippen LogP contribution in [0.3, 0.4) is 0 Å². The number of guanidine groups is 1. The number of rotatable bonds is 7. The number of aliphatic imine (C=N–C) groups is 1. The first kappa shape index (κ1) is 23.8. The second kappa shape index (κ2) is 12.3. The maximum atomic E-state index is 12.1. The van der Waals surface area contributed by atoms with Gasteiger partial charge in [-0.15, -0.1) is 35.3 Å². The molecule has 1 aromatic heterocycles. The molecular weight excluding hydrogens is 541 g/mol. The van der Waals surface area contributed by atoms with Gasteiger partial charge in [-0.3, -0.25) is 9.79 Å².